The predicted molar refractivity (Wildman–Crippen MR) is 76.5 cm³/mol. The Kier molecular flexibility index (Phi) is 4.55. The van der Waals surface area contributed by atoms with Crippen LogP contribution in [-0.2, 0) is 4.79 Å². The zero-order chi connectivity index (χ0) is 14.4. The Labute approximate surface area is 116 Å². The molecule has 2 N–H and O–H groups in total. The number of ether oxygens (including phenoxy) is 1. The van der Waals surface area contributed by atoms with E-state index in [2.05, 4.69) is 10.6 Å². The quantitative estimate of drug-likeness (QED) is 0.881. The lowest BCUT2D eigenvalue weighted by Crippen LogP contribution is -2.21. The molecule has 0 aromatic heterocycles. The maximum Gasteiger partial charge on any atom is 0.243 e. The Morgan fingerprint density at radius 2 is 1.90 bits per heavy atom. The molecule has 0 saturated heterocycles. The second kappa shape index (κ2) is 6.56. The summed E-state index contributed by atoms with van der Waals surface area (Å²) in [6.07, 6.45) is 0. The minimum atomic E-state index is -0.513. The van der Waals surface area contributed by atoms with Crippen molar-refractivity contribution < 1.29 is 13.9 Å². The molecule has 0 aliphatic carbocycles. The highest BCUT2D eigenvalue weighted by atomic mass is 19.1. The van der Waals surface area contributed by atoms with Gasteiger partial charge in [-0.3, -0.25) is 4.79 Å². The summed E-state index contributed by atoms with van der Waals surface area (Å²) in [5, 5.41) is 5.58. The number of hydrogen-bond donors (Lipinski definition) is 2. The molecule has 0 saturated carbocycles. The van der Waals surface area contributed by atoms with Crippen molar-refractivity contribution in [2.24, 2.45) is 0 Å². The lowest BCUT2D eigenvalue weighted by atomic mass is 10.3. The van der Waals surface area contributed by atoms with Crippen LogP contribution in [0.2, 0.25) is 0 Å². The summed E-state index contributed by atoms with van der Waals surface area (Å²) >= 11 is 0. The van der Waals surface area contributed by atoms with Crippen LogP contribution in [-0.4, -0.2) is 19.6 Å². The molecule has 0 atom stereocenters. The summed E-state index contributed by atoms with van der Waals surface area (Å²) in [5.74, 6) is -0.620. The molecule has 0 radical (unpaired) electrons. The Morgan fingerprint density at radius 1 is 1.15 bits per heavy atom. The van der Waals surface area contributed by atoms with Gasteiger partial charge in [0, 0.05) is 17.4 Å². The smallest absolute Gasteiger partial charge is 0.243 e. The molecule has 0 heterocycles. The van der Waals surface area contributed by atoms with Crippen molar-refractivity contribution in [3.8, 4) is 5.75 Å². The highest BCUT2D eigenvalue weighted by molar-refractivity contribution is 5.93. The number of para-hydroxylation sites is 1. The van der Waals surface area contributed by atoms with E-state index in [1.165, 1.54) is 19.2 Å². The molecule has 0 fully saturated rings. The molecular formula is C15H15FN2O2. The number of hydrogen-bond acceptors (Lipinski definition) is 3. The minimum Gasteiger partial charge on any atom is -0.494 e. The zero-order valence-corrected chi connectivity index (χ0v) is 11.0. The molecule has 2 aromatic rings. The van der Waals surface area contributed by atoms with Gasteiger partial charge in [0.15, 0.2) is 11.6 Å². The summed E-state index contributed by atoms with van der Waals surface area (Å²) in [5.41, 5.74) is 1.24. The third-order valence-electron chi connectivity index (χ3n) is 2.66. The molecule has 0 aliphatic heterocycles. The fourth-order valence-corrected chi connectivity index (χ4v) is 1.69. The van der Waals surface area contributed by atoms with E-state index < -0.39 is 5.82 Å². The second-order valence-corrected chi connectivity index (χ2v) is 4.12. The number of nitrogens with one attached hydrogen (secondary N) is 2. The second-order valence-electron chi connectivity index (χ2n) is 4.12. The molecule has 0 aliphatic rings. The Balaban J connectivity index is 1.90. The highest BCUT2D eigenvalue weighted by Crippen LogP contribution is 2.20. The Bertz CT molecular complexity index is 588. The highest BCUT2D eigenvalue weighted by Gasteiger charge is 2.06. The van der Waals surface area contributed by atoms with E-state index in [4.69, 9.17) is 4.74 Å². The van der Waals surface area contributed by atoms with Crippen LogP contribution in [0.5, 0.6) is 5.75 Å². The molecule has 0 spiro atoms. The Morgan fingerprint density at radius 3 is 2.55 bits per heavy atom. The first-order valence-corrected chi connectivity index (χ1v) is 6.11. The van der Waals surface area contributed by atoms with Crippen LogP contribution in [0, 0.1) is 5.82 Å². The van der Waals surface area contributed by atoms with Gasteiger partial charge in [-0.05, 0) is 24.3 Å². The monoisotopic (exact) mass is 274 g/mol. The largest absolute Gasteiger partial charge is 0.494 e. The van der Waals surface area contributed by atoms with Crippen LogP contribution in [0.3, 0.4) is 0 Å². The van der Waals surface area contributed by atoms with Crippen molar-refractivity contribution >= 4 is 17.3 Å². The van der Waals surface area contributed by atoms with Gasteiger partial charge in [0.2, 0.25) is 5.91 Å². The van der Waals surface area contributed by atoms with E-state index in [9.17, 15) is 9.18 Å². The number of carbonyl (C=O) groups excluding carboxylic acids is 1. The first-order valence-electron chi connectivity index (χ1n) is 6.11. The summed E-state index contributed by atoms with van der Waals surface area (Å²) < 4.78 is 18.3. The summed E-state index contributed by atoms with van der Waals surface area (Å²) in [6.45, 7) is 0.109. The van der Waals surface area contributed by atoms with E-state index in [1.807, 2.05) is 30.3 Å². The molecule has 20 heavy (non-hydrogen) atoms. The van der Waals surface area contributed by atoms with Crippen LogP contribution >= 0.6 is 0 Å². The molecule has 2 rings (SSSR count). The maximum atomic E-state index is 13.5. The molecule has 1 amide bonds. The van der Waals surface area contributed by atoms with Crippen molar-refractivity contribution in [2.75, 3.05) is 24.3 Å². The molecular weight excluding hydrogens is 259 g/mol. The number of benzene rings is 2. The van der Waals surface area contributed by atoms with Crippen LogP contribution in [0.15, 0.2) is 48.5 Å². The molecule has 4 nitrogen and oxygen atoms in total. The third kappa shape index (κ3) is 3.71. The topological polar surface area (TPSA) is 50.4 Å². The fraction of sp³-hybridized carbons (Fsp3) is 0.133. The first kappa shape index (κ1) is 13.9. The van der Waals surface area contributed by atoms with Crippen LogP contribution < -0.4 is 15.4 Å². The van der Waals surface area contributed by atoms with Crippen molar-refractivity contribution in [1.82, 2.24) is 0 Å². The summed E-state index contributed by atoms with van der Waals surface area (Å²) in [7, 11) is 1.39. The van der Waals surface area contributed by atoms with Gasteiger partial charge in [0.05, 0.1) is 13.7 Å². The molecule has 5 heteroatoms. The Hall–Kier alpha value is -2.56. The number of rotatable bonds is 5. The summed E-state index contributed by atoms with van der Waals surface area (Å²) in [4.78, 5) is 11.7. The van der Waals surface area contributed by atoms with E-state index in [-0.39, 0.29) is 18.2 Å². The lowest BCUT2D eigenvalue weighted by molar-refractivity contribution is -0.114. The van der Waals surface area contributed by atoms with Gasteiger partial charge in [0.1, 0.15) is 0 Å². The molecule has 0 bridgehead atoms. The van der Waals surface area contributed by atoms with E-state index in [1.54, 1.807) is 6.07 Å². The zero-order valence-electron chi connectivity index (χ0n) is 11.0. The van der Waals surface area contributed by atoms with Crippen molar-refractivity contribution in [2.45, 2.75) is 0 Å². The van der Waals surface area contributed by atoms with Crippen LogP contribution in [0.1, 0.15) is 0 Å². The van der Waals surface area contributed by atoms with Gasteiger partial charge in [-0.1, -0.05) is 18.2 Å². The standard InChI is InChI=1S/C15H15FN2O2/c1-20-14-8-7-12(9-13(14)16)18-15(19)10-17-11-5-3-2-4-6-11/h2-9,17H,10H2,1H3,(H,18,19). The van der Waals surface area contributed by atoms with Crippen molar-refractivity contribution in [3.05, 3.63) is 54.3 Å². The normalized spacial score (nSPS) is 9.90. The van der Waals surface area contributed by atoms with Gasteiger partial charge < -0.3 is 15.4 Å². The minimum absolute atomic E-state index is 0.109. The third-order valence-corrected chi connectivity index (χ3v) is 2.66. The fourth-order valence-electron chi connectivity index (χ4n) is 1.69. The van der Waals surface area contributed by atoms with Gasteiger partial charge in [-0.25, -0.2) is 4.39 Å². The maximum absolute atomic E-state index is 13.5. The van der Waals surface area contributed by atoms with Crippen LogP contribution in [0.4, 0.5) is 15.8 Å². The van der Waals surface area contributed by atoms with E-state index in [0.29, 0.717) is 5.69 Å². The number of methoxy groups -OCH3 is 1. The van der Waals surface area contributed by atoms with E-state index >= 15 is 0 Å². The summed E-state index contributed by atoms with van der Waals surface area (Å²) in [6, 6.07) is 13.6. The SMILES string of the molecule is COc1ccc(NC(=O)CNc2ccccc2)cc1F. The van der Waals surface area contributed by atoms with Gasteiger partial charge in [-0.15, -0.1) is 0 Å². The first-order chi connectivity index (χ1) is 9.69. The van der Waals surface area contributed by atoms with Gasteiger partial charge >= 0.3 is 0 Å². The van der Waals surface area contributed by atoms with Crippen molar-refractivity contribution in [3.63, 3.8) is 0 Å². The number of anilines is 2. The molecule has 0 unspecified atom stereocenters. The average Bonchev–Trinajstić information content (AvgIpc) is 2.46. The molecule has 104 valence electrons. The van der Waals surface area contributed by atoms with Gasteiger partial charge in [-0.2, -0.15) is 0 Å². The van der Waals surface area contributed by atoms with E-state index in [0.717, 1.165) is 5.69 Å². The average molecular weight is 274 g/mol. The lowest BCUT2D eigenvalue weighted by Gasteiger charge is -2.09. The number of amides is 1. The predicted octanol–water partition coefficient (Wildman–Crippen LogP) is 2.88. The number of halogens is 1. The molecule has 2 aromatic carbocycles. The van der Waals surface area contributed by atoms with Crippen LogP contribution in [0.25, 0.3) is 0 Å². The van der Waals surface area contributed by atoms with Gasteiger partial charge in [0.25, 0.3) is 0 Å². The number of carbonyl (C=O) groups is 1. The van der Waals surface area contributed by atoms with Crippen molar-refractivity contribution in [1.29, 1.82) is 0 Å².